The standard InChI is InChI=1S/C12H11BrN2O/c13-10-5-1-2-6-11(10)14-12(16)9-15-7-3-4-8-15/h1-8H,9H2,(H,14,16). The van der Waals surface area contributed by atoms with E-state index in [-0.39, 0.29) is 5.91 Å². The highest BCUT2D eigenvalue weighted by Crippen LogP contribution is 2.20. The van der Waals surface area contributed by atoms with Gasteiger partial charge in [0.1, 0.15) is 6.54 Å². The molecule has 0 spiro atoms. The first kappa shape index (κ1) is 11.0. The van der Waals surface area contributed by atoms with Crippen LogP contribution in [0.25, 0.3) is 0 Å². The molecule has 1 amide bonds. The summed E-state index contributed by atoms with van der Waals surface area (Å²) in [7, 11) is 0. The lowest BCUT2D eigenvalue weighted by Gasteiger charge is -2.07. The second-order valence-electron chi connectivity index (χ2n) is 3.38. The lowest BCUT2D eigenvalue weighted by molar-refractivity contribution is -0.116. The number of nitrogens with one attached hydrogen (secondary N) is 1. The lowest BCUT2D eigenvalue weighted by Crippen LogP contribution is -2.17. The molecule has 0 saturated heterocycles. The molecular formula is C12H11BrN2O. The first-order valence-corrected chi connectivity index (χ1v) is 5.70. The smallest absolute Gasteiger partial charge is 0.244 e. The number of hydrogen-bond acceptors (Lipinski definition) is 1. The number of hydrogen-bond donors (Lipinski definition) is 1. The van der Waals surface area contributed by atoms with Gasteiger partial charge in [0.15, 0.2) is 0 Å². The van der Waals surface area contributed by atoms with E-state index >= 15 is 0 Å². The monoisotopic (exact) mass is 278 g/mol. The van der Waals surface area contributed by atoms with E-state index < -0.39 is 0 Å². The van der Waals surface area contributed by atoms with E-state index in [4.69, 9.17) is 0 Å². The Morgan fingerprint density at radius 3 is 2.56 bits per heavy atom. The van der Waals surface area contributed by atoms with Crippen LogP contribution in [0.3, 0.4) is 0 Å². The second-order valence-corrected chi connectivity index (χ2v) is 4.24. The van der Waals surface area contributed by atoms with Crippen LogP contribution in [0, 0.1) is 0 Å². The molecule has 1 heterocycles. The van der Waals surface area contributed by atoms with Gasteiger partial charge in [-0.15, -0.1) is 0 Å². The third-order valence-electron chi connectivity index (χ3n) is 2.14. The Kier molecular flexibility index (Phi) is 3.41. The molecular weight excluding hydrogens is 268 g/mol. The molecule has 4 heteroatoms. The minimum absolute atomic E-state index is 0.0388. The van der Waals surface area contributed by atoms with Crippen molar-refractivity contribution in [2.75, 3.05) is 5.32 Å². The number of halogens is 1. The number of amides is 1. The van der Waals surface area contributed by atoms with Crippen LogP contribution in [0.4, 0.5) is 5.69 Å². The molecule has 0 bridgehead atoms. The molecule has 82 valence electrons. The number of para-hydroxylation sites is 1. The highest BCUT2D eigenvalue weighted by molar-refractivity contribution is 9.10. The van der Waals surface area contributed by atoms with Gasteiger partial charge in [0.25, 0.3) is 0 Å². The predicted molar refractivity (Wildman–Crippen MR) is 67.2 cm³/mol. The van der Waals surface area contributed by atoms with Gasteiger partial charge >= 0.3 is 0 Å². The van der Waals surface area contributed by atoms with Gasteiger partial charge in [-0.25, -0.2) is 0 Å². The maximum absolute atomic E-state index is 11.7. The number of anilines is 1. The first-order chi connectivity index (χ1) is 7.75. The number of benzene rings is 1. The Labute approximate surface area is 102 Å². The van der Waals surface area contributed by atoms with Crippen molar-refractivity contribution in [2.24, 2.45) is 0 Å². The van der Waals surface area contributed by atoms with Gasteiger partial charge in [-0.05, 0) is 40.2 Å². The van der Waals surface area contributed by atoms with Gasteiger partial charge in [0, 0.05) is 16.9 Å². The normalized spacial score (nSPS) is 10.1. The minimum atomic E-state index is -0.0388. The Morgan fingerprint density at radius 2 is 1.88 bits per heavy atom. The van der Waals surface area contributed by atoms with Crippen LogP contribution < -0.4 is 5.32 Å². The summed E-state index contributed by atoms with van der Waals surface area (Å²) >= 11 is 3.38. The fraction of sp³-hybridized carbons (Fsp3) is 0.0833. The van der Waals surface area contributed by atoms with E-state index in [9.17, 15) is 4.79 Å². The number of rotatable bonds is 3. The fourth-order valence-electron chi connectivity index (χ4n) is 1.39. The predicted octanol–water partition coefficient (Wildman–Crippen LogP) is 2.89. The summed E-state index contributed by atoms with van der Waals surface area (Å²) < 4.78 is 2.71. The van der Waals surface area contributed by atoms with E-state index in [1.165, 1.54) is 0 Å². The van der Waals surface area contributed by atoms with Crippen LogP contribution in [0.1, 0.15) is 0 Å². The van der Waals surface area contributed by atoms with Crippen molar-refractivity contribution in [1.29, 1.82) is 0 Å². The van der Waals surface area contributed by atoms with Gasteiger partial charge in [-0.1, -0.05) is 12.1 Å². The summed E-state index contributed by atoms with van der Waals surface area (Å²) in [4.78, 5) is 11.7. The summed E-state index contributed by atoms with van der Waals surface area (Å²) in [6, 6.07) is 11.3. The van der Waals surface area contributed by atoms with Crippen LogP contribution in [0.5, 0.6) is 0 Å². The molecule has 0 radical (unpaired) electrons. The molecule has 2 aromatic rings. The van der Waals surface area contributed by atoms with E-state index in [2.05, 4.69) is 21.2 Å². The average Bonchev–Trinajstić information content (AvgIpc) is 2.74. The van der Waals surface area contributed by atoms with E-state index in [0.29, 0.717) is 6.54 Å². The topological polar surface area (TPSA) is 34.0 Å². The molecule has 1 aromatic carbocycles. The van der Waals surface area contributed by atoms with Crippen LogP contribution in [0.2, 0.25) is 0 Å². The van der Waals surface area contributed by atoms with Crippen molar-refractivity contribution in [2.45, 2.75) is 6.54 Å². The Hall–Kier alpha value is -1.55. The second kappa shape index (κ2) is 4.99. The maximum Gasteiger partial charge on any atom is 0.244 e. The van der Waals surface area contributed by atoms with Crippen LogP contribution in [0.15, 0.2) is 53.3 Å². The summed E-state index contributed by atoms with van der Waals surface area (Å²) in [5.74, 6) is -0.0388. The van der Waals surface area contributed by atoms with Crippen LogP contribution in [-0.4, -0.2) is 10.5 Å². The van der Waals surface area contributed by atoms with Crippen LogP contribution in [-0.2, 0) is 11.3 Å². The number of carbonyl (C=O) groups excluding carboxylic acids is 1. The molecule has 0 aliphatic heterocycles. The highest BCUT2D eigenvalue weighted by Gasteiger charge is 2.04. The third kappa shape index (κ3) is 2.73. The third-order valence-corrected chi connectivity index (χ3v) is 2.83. The number of carbonyl (C=O) groups is 1. The van der Waals surface area contributed by atoms with Crippen molar-refractivity contribution in [3.63, 3.8) is 0 Å². The molecule has 0 aliphatic rings. The first-order valence-electron chi connectivity index (χ1n) is 4.91. The van der Waals surface area contributed by atoms with Crippen molar-refractivity contribution < 1.29 is 4.79 Å². The summed E-state index contributed by atoms with van der Waals surface area (Å²) in [6.07, 6.45) is 3.72. The Bertz CT molecular complexity index is 480. The molecule has 0 aliphatic carbocycles. The number of nitrogens with zero attached hydrogens (tertiary/aromatic N) is 1. The van der Waals surface area contributed by atoms with E-state index in [0.717, 1.165) is 10.2 Å². The van der Waals surface area contributed by atoms with Gasteiger partial charge in [0.05, 0.1) is 5.69 Å². The largest absolute Gasteiger partial charge is 0.345 e. The highest BCUT2D eigenvalue weighted by atomic mass is 79.9. The van der Waals surface area contributed by atoms with Gasteiger partial charge in [-0.2, -0.15) is 0 Å². The van der Waals surface area contributed by atoms with Crippen molar-refractivity contribution >= 4 is 27.5 Å². The molecule has 16 heavy (non-hydrogen) atoms. The summed E-state index contributed by atoms with van der Waals surface area (Å²) in [6.45, 7) is 0.328. The molecule has 1 aromatic heterocycles. The zero-order valence-electron chi connectivity index (χ0n) is 8.56. The molecule has 0 unspecified atom stereocenters. The average molecular weight is 279 g/mol. The minimum Gasteiger partial charge on any atom is -0.345 e. The van der Waals surface area contributed by atoms with E-state index in [1.54, 1.807) is 0 Å². The Morgan fingerprint density at radius 1 is 1.19 bits per heavy atom. The van der Waals surface area contributed by atoms with Gasteiger partial charge in [-0.3, -0.25) is 4.79 Å². The van der Waals surface area contributed by atoms with Crippen molar-refractivity contribution in [3.05, 3.63) is 53.3 Å². The van der Waals surface area contributed by atoms with Crippen molar-refractivity contribution in [3.8, 4) is 0 Å². The molecule has 0 fully saturated rings. The van der Waals surface area contributed by atoms with Gasteiger partial charge < -0.3 is 9.88 Å². The van der Waals surface area contributed by atoms with Gasteiger partial charge in [0.2, 0.25) is 5.91 Å². The molecule has 0 saturated carbocycles. The SMILES string of the molecule is O=C(Cn1cccc1)Nc1ccccc1Br. The quantitative estimate of drug-likeness (QED) is 0.921. The molecule has 1 N–H and O–H groups in total. The number of aromatic nitrogens is 1. The summed E-state index contributed by atoms with van der Waals surface area (Å²) in [5, 5.41) is 2.84. The molecule has 3 nitrogen and oxygen atoms in total. The zero-order valence-corrected chi connectivity index (χ0v) is 10.1. The maximum atomic E-state index is 11.7. The fourth-order valence-corrected chi connectivity index (χ4v) is 1.78. The molecule has 2 rings (SSSR count). The molecule has 0 atom stereocenters. The van der Waals surface area contributed by atoms with Crippen LogP contribution >= 0.6 is 15.9 Å². The van der Waals surface area contributed by atoms with E-state index in [1.807, 2.05) is 53.4 Å². The lowest BCUT2D eigenvalue weighted by atomic mass is 10.3. The Balaban J connectivity index is 2.00. The van der Waals surface area contributed by atoms with Crippen molar-refractivity contribution in [1.82, 2.24) is 4.57 Å². The zero-order chi connectivity index (χ0) is 11.4. The summed E-state index contributed by atoms with van der Waals surface area (Å²) in [5.41, 5.74) is 0.791.